The van der Waals surface area contributed by atoms with Gasteiger partial charge < -0.3 is 15.1 Å². The first-order valence-electron chi connectivity index (χ1n) is 8.37. The topological polar surface area (TPSA) is 52.7 Å². The number of nitrogens with one attached hydrogen (secondary N) is 1. The molecule has 0 radical (unpaired) electrons. The van der Waals surface area contributed by atoms with E-state index in [9.17, 15) is 9.59 Å². The minimum Gasteiger partial charge on any atom is -0.337 e. The molecule has 24 heavy (non-hydrogen) atoms. The molecule has 3 rings (SSSR count). The molecule has 1 N–H and O–H groups in total. The Kier molecular flexibility index (Phi) is 5.88. The number of anilines is 1. The second-order valence-electron chi connectivity index (χ2n) is 6.71. The van der Waals surface area contributed by atoms with Crippen molar-refractivity contribution < 1.29 is 9.59 Å². The van der Waals surface area contributed by atoms with Crippen molar-refractivity contribution in [2.45, 2.75) is 33.2 Å². The summed E-state index contributed by atoms with van der Waals surface area (Å²) in [5.74, 6) is -0.0389. The van der Waals surface area contributed by atoms with Crippen LogP contribution in [0.5, 0.6) is 0 Å². The second-order valence-corrected chi connectivity index (χ2v) is 6.71. The summed E-state index contributed by atoms with van der Waals surface area (Å²) in [6.45, 7) is 9.02. The van der Waals surface area contributed by atoms with E-state index in [-0.39, 0.29) is 36.2 Å². The van der Waals surface area contributed by atoms with E-state index in [1.807, 2.05) is 36.9 Å². The van der Waals surface area contributed by atoms with Gasteiger partial charge in [0.1, 0.15) is 0 Å². The average Bonchev–Trinajstić information content (AvgIpc) is 2.92. The third-order valence-corrected chi connectivity index (χ3v) is 5.13. The molecule has 1 aromatic rings. The van der Waals surface area contributed by atoms with Crippen molar-refractivity contribution in [1.29, 1.82) is 0 Å². The van der Waals surface area contributed by atoms with Gasteiger partial charge in [0.2, 0.25) is 11.8 Å². The van der Waals surface area contributed by atoms with E-state index < -0.39 is 0 Å². The number of benzene rings is 1. The molecule has 0 saturated carbocycles. The summed E-state index contributed by atoms with van der Waals surface area (Å²) in [6, 6.07) is 6.18. The Bertz CT molecular complexity index is 635. The molecule has 132 valence electrons. The third kappa shape index (κ3) is 3.42. The van der Waals surface area contributed by atoms with Crippen LogP contribution in [0.3, 0.4) is 0 Å². The number of nitrogens with zero attached hydrogens (tertiary/aromatic N) is 2. The van der Waals surface area contributed by atoms with Crippen molar-refractivity contribution in [2.24, 2.45) is 5.92 Å². The summed E-state index contributed by atoms with van der Waals surface area (Å²) in [6.07, 6.45) is 0.322. The summed E-state index contributed by atoms with van der Waals surface area (Å²) in [7, 11) is 0. The van der Waals surface area contributed by atoms with Crippen LogP contribution in [0.4, 0.5) is 5.69 Å². The summed E-state index contributed by atoms with van der Waals surface area (Å²) < 4.78 is 0. The predicted octanol–water partition coefficient (Wildman–Crippen LogP) is 1.90. The van der Waals surface area contributed by atoms with E-state index in [0.717, 1.165) is 30.9 Å². The van der Waals surface area contributed by atoms with E-state index in [1.54, 1.807) is 4.90 Å². The van der Waals surface area contributed by atoms with E-state index in [2.05, 4.69) is 12.2 Å². The highest BCUT2D eigenvalue weighted by Crippen LogP contribution is 2.30. The number of piperazine rings is 1. The molecule has 5 nitrogen and oxygen atoms in total. The summed E-state index contributed by atoms with van der Waals surface area (Å²) in [5.41, 5.74) is 3.23. The molecule has 2 saturated heterocycles. The van der Waals surface area contributed by atoms with E-state index in [1.165, 1.54) is 5.56 Å². The maximum atomic E-state index is 12.8. The van der Waals surface area contributed by atoms with Gasteiger partial charge in [-0.15, -0.1) is 12.4 Å². The van der Waals surface area contributed by atoms with Gasteiger partial charge in [-0.1, -0.05) is 12.1 Å². The highest BCUT2D eigenvalue weighted by atomic mass is 35.5. The quantitative estimate of drug-likeness (QED) is 0.885. The van der Waals surface area contributed by atoms with E-state index in [4.69, 9.17) is 0 Å². The number of hydrogen-bond acceptors (Lipinski definition) is 3. The molecule has 0 bridgehead atoms. The Labute approximate surface area is 149 Å². The fourth-order valence-electron chi connectivity index (χ4n) is 3.54. The molecule has 2 amide bonds. The number of rotatable bonds is 2. The number of amides is 2. The number of hydrogen-bond donors (Lipinski definition) is 1. The monoisotopic (exact) mass is 351 g/mol. The van der Waals surface area contributed by atoms with Gasteiger partial charge in [0.05, 0.1) is 5.92 Å². The predicted molar refractivity (Wildman–Crippen MR) is 97.7 cm³/mol. The fourth-order valence-corrected chi connectivity index (χ4v) is 3.54. The Morgan fingerprint density at radius 1 is 1.29 bits per heavy atom. The molecule has 0 aliphatic carbocycles. The Morgan fingerprint density at radius 3 is 2.75 bits per heavy atom. The van der Waals surface area contributed by atoms with Crippen LogP contribution in [0.15, 0.2) is 18.2 Å². The lowest BCUT2D eigenvalue weighted by Crippen LogP contribution is -2.54. The first-order chi connectivity index (χ1) is 11.0. The SMILES string of the molecule is Cc1cccc(N2CC(C(=O)N3CCNC[C@H]3C)CC2=O)c1C.Cl. The van der Waals surface area contributed by atoms with Crippen LogP contribution in [0.2, 0.25) is 0 Å². The van der Waals surface area contributed by atoms with Crippen LogP contribution >= 0.6 is 12.4 Å². The third-order valence-electron chi connectivity index (χ3n) is 5.13. The number of carbonyl (C=O) groups is 2. The van der Waals surface area contributed by atoms with Crippen molar-refractivity contribution in [2.75, 3.05) is 31.1 Å². The van der Waals surface area contributed by atoms with Gasteiger partial charge in [-0.05, 0) is 38.0 Å². The standard InChI is InChI=1S/C18H25N3O2.ClH/c1-12-5-4-6-16(14(12)3)21-11-15(9-17(21)22)18(23)20-8-7-19-10-13(20)2;/h4-6,13,15,19H,7-11H2,1-3H3;1H/t13-,15?;/m1./s1. The zero-order valence-electron chi connectivity index (χ0n) is 14.5. The molecule has 2 fully saturated rings. The second kappa shape index (κ2) is 7.53. The van der Waals surface area contributed by atoms with Crippen LogP contribution in [0.1, 0.15) is 24.5 Å². The smallest absolute Gasteiger partial charge is 0.228 e. The van der Waals surface area contributed by atoms with Gasteiger partial charge in [-0.3, -0.25) is 9.59 Å². The largest absolute Gasteiger partial charge is 0.337 e. The molecular formula is C18H26ClN3O2. The molecule has 0 spiro atoms. The Hall–Kier alpha value is -1.59. The van der Waals surface area contributed by atoms with Gasteiger partial charge >= 0.3 is 0 Å². The molecule has 6 heteroatoms. The lowest BCUT2D eigenvalue weighted by molar-refractivity contribution is -0.138. The highest BCUT2D eigenvalue weighted by molar-refractivity contribution is 6.01. The van der Waals surface area contributed by atoms with Gasteiger partial charge in [0.15, 0.2) is 0 Å². The molecule has 0 aromatic heterocycles. The molecule has 2 heterocycles. The molecule has 2 aliphatic rings. The number of aryl methyl sites for hydroxylation is 1. The lowest BCUT2D eigenvalue weighted by atomic mass is 10.0. The molecule has 2 atom stereocenters. The maximum Gasteiger partial charge on any atom is 0.228 e. The molecule has 1 aromatic carbocycles. The summed E-state index contributed by atoms with van der Waals surface area (Å²) in [4.78, 5) is 29.0. The minimum atomic E-state index is -0.219. The normalized spacial score (nSPS) is 24.0. The number of halogens is 1. The molecule has 2 aliphatic heterocycles. The minimum absolute atomic E-state index is 0. The van der Waals surface area contributed by atoms with Crippen molar-refractivity contribution >= 4 is 29.9 Å². The molecular weight excluding hydrogens is 326 g/mol. The van der Waals surface area contributed by atoms with Gasteiger partial charge in [0, 0.05) is 44.3 Å². The Balaban J connectivity index is 0.00000208. The summed E-state index contributed by atoms with van der Waals surface area (Å²) >= 11 is 0. The first kappa shape index (κ1) is 18.7. The fraction of sp³-hybridized carbons (Fsp3) is 0.556. The Morgan fingerprint density at radius 2 is 2.04 bits per heavy atom. The van der Waals surface area contributed by atoms with Crippen LogP contribution < -0.4 is 10.2 Å². The van der Waals surface area contributed by atoms with Crippen molar-refractivity contribution in [3.05, 3.63) is 29.3 Å². The van der Waals surface area contributed by atoms with E-state index >= 15 is 0 Å². The number of carbonyl (C=O) groups excluding carboxylic acids is 2. The van der Waals surface area contributed by atoms with Crippen molar-refractivity contribution in [3.63, 3.8) is 0 Å². The van der Waals surface area contributed by atoms with Crippen LogP contribution in [0.25, 0.3) is 0 Å². The first-order valence-corrected chi connectivity index (χ1v) is 8.37. The van der Waals surface area contributed by atoms with Gasteiger partial charge in [0.25, 0.3) is 0 Å². The maximum absolute atomic E-state index is 12.8. The van der Waals surface area contributed by atoms with Gasteiger partial charge in [-0.2, -0.15) is 0 Å². The van der Waals surface area contributed by atoms with Crippen LogP contribution in [-0.4, -0.2) is 48.9 Å². The zero-order valence-corrected chi connectivity index (χ0v) is 15.4. The zero-order chi connectivity index (χ0) is 16.6. The van der Waals surface area contributed by atoms with E-state index in [0.29, 0.717) is 13.0 Å². The summed E-state index contributed by atoms with van der Waals surface area (Å²) in [5, 5.41) is 3.30. The van der Waals surface area contributed by atoms with Gasteiger partial charge in [-0.25, -0.2) is 0 Å². The molecule has 1 unspecified atom stereocenters. The lowest BCUT2D eigenvalue weighted by Gasteiger charge is -2.35. The van der Waals surface area contributed by atoms with Crippen LogP contribution in [-0.2, 0) is 9.59 Å². The van der Waals surface area contributed by atoms with Crippen LogP contribution in [0, 0.1) is 19.8 Å². The van der Waals surface area contributed by atoms with Crippen molar-refractivity contribution in [3.8, 4) is 0 Å². The average molecular weight is 352 g/mol. The van der Waals surface area contributed by atoms with Crippen molar-refractivity contribution in [1.82, 2.24) is 10.2 Å². The highest BCUT2D eigenvalue weighted by Gasteiger charge is 2.39.